The van der Waals surface area contributed by atoms with Crippen molar-refractivity contribution < 1.29 is 18.0 Å². The highest BCUT2D eigenvalue weighted by Crippen LogP contribution is 2.32. The number of amides is 1. The van der Waals surface area contributed by atoms with E-state index >= 15 is 0 Å². The van der Waals surface area contributed by atoms with Gasteiger partial charge in [-0.3, -0.25) is 4.79 Å². The van der Waals surface area contributed by atoms with E-state index in [1.807, 2.05) is 6.92 Å². The number of alkyl halides is 3. The maximum atomic E-state index is 12.6. The highest BCUT2D eigenvalue weighted by Gasteiger charge is 2.33. The Labute approximate surface area is 114 Å². The molecule has 0 saturated carbocycles. The normalized spacial score (nSPS) is 10.8. The summed E-state index contributed by atoms with van der Waals surface area (Å²) in [5, 5.41) is 14.0. The van der Waals surface area contributed by atoms with Crippen LogP contribution in [0.5, 0.6) is 0 Å². The molecule has 0 atom stereocenters. The first-order valence-electron chi connectivity index (χ1n) is 6.00. The van der Waals surface area contributed by atoms with Crippen LogP contribution in [0, 0.1) is 11.3 Å². The number of halogens is 3. The van der Waals surface area contributed by atoms with Crippen molar-refractivity contribution in [3.8, 4) is 6.07 Å². The fourth-order valence-electron chi connectivity index (χ4n) is 1.50. The number of carbonyl (C=O) groups excluding carboxylic acids is 1. The summed E-state index contributed by atoms with van der Waals surface area (Å²) >= 11 is 0. The molecule has 2 N–H and O–H groups in total. The molecule has 0 unspecified atom stereocenters. The maximum absolute atomic E-state index is 12.6. The minimum atomic E-state index is -4.57. The molecule has 7 heteroatoms. The van der Waals surface area contributed by atoms with Crippen LogP contribution in [0.1, 0.15) is 24.5 Å². The van der Waals surface area contributed by atoms with Crippen LogP contribution in [0.25, 0.3) is 0 Å². The number of anilines is 1. The summed E-state index contributed by atoms with van der Waals surface area (Å²) in [5.41, 5.74) is -1.17. The average molecular weight is 285 g/mol. The van der Waals surface area contributed by atoms with Crippen LogP contribution in [-0.2, 0) is 11.0 Å². The Morgan fingerprint density at radius 2 is 2.10 bits per heavy atom. The number of carbonyl (C=O) groups is 1. The van der Waals surface area contributed by atoms with Crippen LogP contribution in [0.15, 0.2) is 18.2 Å². The topological polar surface area (TPSA) is 64.9 Å². The highest BCUT2D eigenvalue weighted by molar-refractivity contribution is 5.80. The Kier molecular flexibility index (Phi) is 5.38. The molecule has 0 aliphatic carbocycles. The van der Waals surface area contributed by atoms with Crippen molar-refractivity contribution in [2.75, 3.05) is 18.4 Å². The van der Waals surface area contributed by atoms with Gasteiger partial charge in [0.25, 0.3) is 0 Å². The van der Waals surface area contributed by atoms with Crippen LogP contribution < -0.4 is 10.6 Å². The van der Waals surface area contributed by atoms with Gasteiger partial charge in [-0.05, 0) is 24.6 Å². The van der Waals surface area contributed by atoms with Crippen LogP contribution in [0.4, 0.5) is 18.9 Å². The van der Waals surface area contributed by atoms with Gasteiger partial charge in [0.15, 0.2) is 0 Å². The monoisotopic (exact) mass is 285 g/mol. The van der Waals surface area contributed by atoms with Crippen molar-refractivity contribution in [3.63, 3.8) is 0 Å². The molecule has 1 aromatic carbocycles. The Morgan fingerprint density at radius 1 is 1.40 bits per heavy atom. The Hall–Kier alpha value is -2.23. The predicted molar refractivity (Wildman–Crippen MR) is 67.9 cm³/mol. The molecule has 1 aromatic rings. The second-order valence-corrected chi connectivity index (χ2v) is 4.07. The Morgan fingerprint density at radius 3 is 2.65 bits per heavy atom. The third kappa shape index (κ3) is 4.46. The number of nitrogens with zero attached hydrogens (tertiary/aromatic N) is 1. The second kappa shape index (κ2) is 6.80. The summed E-state index contributed by atoms with van der Waals surface area (Å²) in [7, 11) is 0. The molecule has 4 nitrogen and oxygen atoms in total. The van der Waals surface area contributed by atoms with Gasteiger partial charge in [-0.15, -0.1) is 0 Å². The minimum Gasteiger partial charge on any atom is -0.376 e. The zero-order valence-corrected chi connectivity index (χ0v) is 10.8. The maximum Gasteiger partial charge on any atom is 0.417 e. The molecule has 0 aromatic heterocycles. The Bertz CT molecular complexity index is 521. The molecule has 0 aliphatic rings. The van der Waals surface area contributed by atoms with Crippen molar-refractivity contribution in [2.24, 2.45) is 0 Å². The van der Waals surface area contributed by atoms with E-state index in [4.69, 9.17) is 5.26 Å². The zero-order valence-electron chi connectivity index (χ0n) is 10.8. The zero-order chi connectivity index (χ0) is 15.2. The van der Waals surface area contributed by atoms with Gasteiger partial charge < -0.3 is 10.6 Å². The lowest BCUT2D eigenvalue weighted by molar-refractivity contribution is -0.137. The molecule has 1 amide bonds. The van der Waals surface area contributed by atoms with Gasteiger partial charge in [-0.25, -0.2) is 0 Å². The van der Waals surface area contributed by atoms with Crippen molar-refractivity contribution in [2.45, 2.75) is 19.5 Å². The fraction of sp³-hybridized carbons (Fsp3) is 0.385. The number of hydrogen-bond donors (Lipinski definition) is 2. The molecule has 0 fully saturated rings. The van der Waals surface area contributed by atoms with Gasteiger partial charge in [-0.2, -0.15) is 18.4 Å². The third-order valence-electron chi connectivity index (χ3n) is 2.47. The van der Waals surface area contributed by atoms with Crippen molar-refractivity contribution in [1.29, 1.82) is 5.26 Å². The summed E-state index contributed by atoms with van der Waals surface area (Å²) in [6.45, 7) is 2.38. The standard InChI is InChI=1S/C13H14F3N3O/c1-2-5-18-12(20)8-19-10-3-4-11(13(14,15)16)9(6-10)7-17/h3-4,6,19H,2,5,8H2,1H3,(H,18,20). The molecule has 0 spiro atoms. The lowest BCUT2D eigenvalue weighted by Gasteiger charge is -2.11. The molecular weight excluding hydrogens is 271 g/mol. The van der Waals surface area contributed by atoms with Crippen LogP contribution in [0.3, 0.4) is 0 Å². The highest BCUT2D eigenvalue weighted by atomic mass is 19.4. The third-order valence-corrected chi connectivity index (χ3v) is 2.47. The van der Waals surface area contributed by atoms with E-state index in [9.17, 15) is 18.0 Å². The van der Waals surface area contributed by atoms with Gasteiger partial charge in [-0.1, -0.05) is 6.92 Å². The van der Waals surface area contributed by atoms with Crippen molar-refractivity contribution in [3.05, 3.63) is 29.3 Å². The number of hydrogen-bond acceptors (Lipinski definition) is 3. The molecule has 0 aliphatic heterocycles. The molecular formula is C13H14F3N3O. The second-order valence-electron chi connectivity index (χ2n) is 4.07. The van der Waals surface area contributed by atoms with Gasteiger partial charge >= 0.3 is 6.18 Å². The predicted octanol–water partition coefficient (Wildman–Crippen LogP) is 2.52. The summed E-state index contributed by atoms with van der Waals surface area (Å²) in [4.78, 5) is 11.3. The summed E-state index contributed by atoms with van der Waals surface area (Å²) in [6.07, 6.45) is -3.77. The van der Waals surface area contributed by atoms with E-state index in [0.717, 1.165) is 18.6 Å². The van der Waals surface area contributed by atoms with Gasteiger partial charge in [0, 0.05) is 12.2 Å². The lowest BCUT2D eigenvalue weighted by Crippen LogP contribution is -2.30. The van der Waals surface area contributed by atoms with E-state index in [0.29, 0.717) is 12.2 Å². The molecule has 0 bridgehead atoms. The molecule has 20 heavy (non-hydrogen) atoms. The number of nitrogens with one attached hydrogen (secondary N) is 2. The number of benzene rings is 1. The van der Waals surface area contributed by atoms with Crippen LogP contribution in [-0.4, -0.2) is 19.0 Å². The first-order chi connectivity index (χ1) is 9.38. The van der Waals surface area contributed by atoms with Gasteiger partial charge in [0.2, 0.25) is 5.91 Å². The van der Waals surface area contributed by atoms with Gasteiger partial charge in [0.05, 0.1) is 23.7 Å². The van der Waals surface area contributed by atoms with Crippen molar-refractivity contribution >= 4 is 11.6 Å². The van der Waals surface area contributed by atoms with E-state index in [1.165, 1.54) is 12.1 Å². The Balaban J connectivity index is 2.75. The molecule has 0 saturated heterocycles. The lowest BCUT2D eigenvalue weighted by atomic mass is 10.1. The van der Waals surface area contributed by atoms with Crippen molar-refractivity contribution in [1.82, 2.24) is 5.32 Å². The van der Waals surface area contributed by atoms with Gasteiger partial charge in [0.1, 0.15) is 0 Å². The largest absolute Gasteiger partial charge is 0.417 e. The molecule has 0 radical (unpaired) electrons. The van der Waals surface area contributed by atoms with Crippen LogP contribution >= 0.6 is 0 Å². The van der Waals surface area contributed by atoms with Crippen LogP contribution in [0.2, 0.25) is 0 Å². The summed E-state index contributed by atoms with van der Waals surface area (Å²) < 4.78 is 37.8. The SMILES string of the molecule is CCCNC(=O)CNc1ccc(C(F)(F)F)c(C#N)c1. The summed E-state index contributed by atoms with van der Waals surface area (Å²) in [6, 6.07) is 4.60. The molecule has 108 valence electrons. The van der Waals surface area contributed by atoms with E-state index in [2.05, 4.69) is 10.6 Å². The van der Waals surface area contributed by atoms with E-state index in [-0.39, 0.29) is 12.5 Å². The molecule has 1 rings (SSSR count). The van der Waals surface area contributed by atoms with E-state index in [1.54, 1.807) is 0 Å². The number of rotatable bonds is 5. The fourth-order valence-corrected chi connectivity index (χ4v) is 1.50. The first-order valence-corrected chi connectivity index (χ1v) is 6.00. The quantitative estimate of drug-likeness (QED) is 0.873. The van der Waals surface area contributed by atoms with E-state index < -0.39 is 17.3 Å². The summed E-state index contributed by atoms with van der Waals surface area (Å²) in [5.74, 6) is -0.259. The minimum absolute atomic E-state index is 0.0593. The average Bonchev–Trinajstić information content (AvgIpc) is 2.41. The number of nitriles is 1. The molecule has 0 heterocycles. The smallest absolute Gasteiger partial charge is 0.376 e. The first kappa shape index (κ1) is 15.8.